The Morgan fingerprint density at radius 2 is 1.20 bits per heavy atom. The van der Waals surface area contributed by atoms with Crippen LogP contribution in [0.5, 0.6) is 0 Å². The van der Waals surface area contributed by atoms with Gasteiger partial charge in [0.15, 0.2) is 0 Å². The van der Waals surface area contributed by atoms with Gasteiger partial charge in [-0.3, -0.25) is 0 Å². The molecule has 0 fully saturated rings. The molecule has 0 aliphatic rings. The van der Waals surface area contributed by atoms with Crippen molar-refractivity contribution in [2.45, 2.75) is 0 Å². The van der Waals surface area contributed by atoms with Crippen LogP contribution in [0.25, 0.3) is 0 Å². The van der Waals surface area contributed by atoms with Crippen molar-refractivity contribution in [2.24, 2.45) is 0 Å². The summed E-state index contributed by atoms with van der Waals surface area (Å²) in [6.07, 6.45) is 0. The third kappa shape index (κ3) is 23.2. The molecule has 0 bridgehead atoms. The van der Waals surface area contributed by atoms with Gasteiger partial charge < -0.3 is 6.90 Å². The summed E-state index contributed by atoms with van der Waals surface area (Å²) in [5.74, 6) is 0. The minimum absolute atomic E-state index is 0. The Morgan fingerprint density at radius 1 is 1.20 bits per heavy atom. The summed E-state index contributed by atoms with van der Waals surface area (Å²) in [7, 11) is 0. The summed E-state index contributed by atoms with van der Waals surface area (Å²) in [6, 6.07) is 0. The van der Waals surface area contributed by atoms with E-state index in [9.17, 15) is 0 Å². The fourth-order valence-electron chi connectivity index (χ4n) is 0. The van der Waals surface area contributed by atoms with Crippen molar-refractivity contribution in [3.8, 4) is 0 Å². The molecule has 0 amide bonds. The maximum absolute atomic E-state index is 0. The molecule has 0 saturated carbocycles. The van der Waals surface area contributed by atoms with Crippen LogP contribution in [0.1, 0.15) is 1.43 Å². The summed E-state index contributed by atoms with van der Waals surface area (Å²) in [5.41, 5.74) is 0. The van der Waals surface area contributed by atoms with Crippen molar-refractivity contribution in [2.75, 3.05) is 0 Å². The molecule has 0 N–H and O–H groups in total. The molecular weight excluding hydrogens is 189 g/mol. The zero-order chi connectivity index (χ0) is 0. The normalized spacial score (nSPS) is 0. The van der Waals surface area contributed by atoms with Gasteiger partial charge in [0, 0.05) is 33.9 Å². The Morgan fingerprint density at radius 3 is 1.20 bits per heavy atom. The van der Waals surface area contributed by atoms with Gasteiger partial charge in [0.1, 0.15) is 0 Å². The topological polar surface area (TPSA) is 28.5 Å². The fraction of sp³-hybridized carbons (Fsp3) is 0. The van der Waals surface area contributed by atoms with Gasteiger partial charge in [0.05, 0.1) is 0 Å². The molecule has 0 aromatic rings. The largest absolute Gasteiger partial charge is 2.00 e. The zero-order valence-corrected chi connectivity index (χ0v) is 5.95. The molecule has 0 aromatic heterocycles. The molecule has 1 radical (unpaired) electrons. The van der Waals surface area contributed by atoms with Gasteiger partial charge in [0.2, 0.25) is 0 Å². The van der Waals surface area contributed by atoms with E-state index >= 15 is 0 Å². The molecule has 0 spiro atoms. The summed E-state index contributed by atoms with van der Waals surface area (Å²) >= 11 is 0. The van der Waals surface area contributed by atoms with E-state index in [4.69, 9.17) is 0 Å². The van der Waals surface area contributed by atoms with Crippen LogP contribution in [0.2, 0.25) is 0 Å². The predicted octanol–water partition coefficient (Wildman–Crippen LogP) is -3.01. The Labute approximate surface area is 76.1 Å². The SMILES string of the molecule is [Cr].[H-].[Li+].[Mn+2].[Ni].[O-2]. The first-order chi connectivity index (χ1) is 0. The first-order valence-corrected chi connectivity index (χ1v) is 0. The van der Waals surface area contributed by atoms with Crippen molar-refractivity contribution in [1.29, 1.82) is 0 Å². The van der Waals surface area contributed by atoms with Gasteiger partial charge >= 0.3 is 35.9 Å². The Balaban J connectivity index is 0. The summed E-state index contributed by atoms with van der Waals surface area (Å²) < 4.78 is 0. The van der Waals surface area contributed by atoms with Crippen LogP contribution in [0.4, 0.5) is 0 Å². The van der Waals surface area contributed by atoms with Crippen molar-refractivity contribution in [1.82, 2.24) is 0 Å². The number of rotatable bonds is 0. The van der Waals surface area contributed by atoms with E-state index in [0.29, 0.717) is 0 Å². The summed E-state index contributed by atoms with van der Waals surface area (Å²) in [4.78, 5) is 0. The van der Waals surface area contributed by atoms with Crippen molar-refractivity contribution in [3.05, 3.63) is 0 Å². The van der Waals surface area contributed by atoms with Crippen LogP contribution in [-0.2, 0) is 56.4 Å². The van der Waals surface area contributed by atoms with E-state index in [2.05, 4.69) is 0 Å². The minimum Gasteiger partial charge on any atom is -2.00 e. The molecule has 0 heterocycles. The molecule has 0 aliphatic heterocycles. The van der Waals surface area contributed by atoms with Crippen LogP contribution in [0.15, 0.2) is 0 Å². The number of hydrogen-bond donors (Lipinski definition) is 0. The average Bonchev–Trinajstić information content (AvgIpc) is 0. The Hall–Kier alpha value is 2.10. The molecule has 0 atom stereocenters. The molecule has 1 nitrogen and oxygen atoms in total. The molecule has 0 aromatic carbocycles. The van der Waals surface area contributed by atoms with E-state index in [0.717, 1.165) is 0 Å². The smallest absolute Gasteiger partial charge is 2.00 e. The fourth-order valence-corrected chi connectivity index (χ4v) is 0. The molecule has 0 unspecified atom stereocenters. The average molecular weight is 190 g/mol. The third-order valence-corrected chi connectivity index (χ3v) is 0. The van der Waals surface area contributed by atoms with Crippen molar-refractivity contribution < 1.29 is 76.7 Å². The van der Waals surface area contributed by atoms with Gasteiger partial charge in [-0.2, -0.15) is 0 Å². The van der Waals surface area contributed by atoms with Gasteiger partial charge in [-0.1, -0.05) is 0 Å². The van der Waals surface area contributed by atoms with Gasteiger partial charge in [-0.15, -0.1) is 0 Å². The minimum atomic E-state index is 0. The van der Waals surface area contributed by atoms with Crippen LogP contribution in [0, 0.1) is 0 Å². The predicted molar refractivity (Wildman–Crippen MR) is 1.80 cm³/mol. The second-order valence-electron chi connectivity index (χ2n) is 0. The maximum atomic E-state index is 0. The van der Waals surface area contributed by atoms with E-state index < -0.39 is 0 Å². The van der Waals surface area contributed by atoms with E-state index in [1.807, 2.05) is 0 Å². The molecule has 0 saturated heterocycles. The second-order valence-corrected chi connectivity index (χ2v) is 0. The third-order valence-electron chi connectivity index (χ3n) is 0. The van der Waals surface area contributed by atoms with Crippen LogP contribution in [0.3, 0.4) is 0 Å². The molecular formula is HCrLiMnNiO. The monoisotopic (exact) mass is 189 g/mol. The molecule has 31 valence electrons. The first-order valence-electron chi connectivity index (χ1n) is 0. The second kappa shape index (κ2) is 35.9. The van der Waals surface area contributed by atoms with Crippen LogP contribution >= 0.6 is 0 Å². The van der Waals surface area contributed by atoms with Gasteiger partial charge in [-0.25, -0.2) is 0 Å². The van der Waals surface area contributed by atoms with Crippen LogP contribution < -0.4 is 18.9 Å². The quantitative estimate of drug-likeness (QED) is 0.364. The standard InChI is InChI=1S/Cr.Li.Mn.Ni.O.H/q;+1;+2;;-2;-1. The van der Waals surface area contributed by atoms with Gasteiger partial charge in [0.25, 0.3) is 0 Å². The first kappa shape index (κ1) is 59.8. The van der Waals surface area contributed by atoms with E-state index in [1.165, 1.54) is 0 Å². The Bertz CT molecular complexity index is 15.5. The molecule has 5 heavy (non-hydrogen) atoms. The van der Waals surface area contributed by atoms with E-state index in [-0.39, 0.29) is 76.7 Å². The van der Waals surface area contributed by atoms with Crippen molar-refractivity contribution >= 4 is 0 Å². The Kier molecular flexibility index (Phi) is 430. The zero-order valence-electron chi connectivity index (χ0n) is 3.51. The van der Waals surface area contributed by atoms with E-state index in [1.54, 1.807) is 0 Å². The van der Waals surface area contributed by atoms with Crippen LogP contribution in [-0.4, -0.2) is 0 Å². The molecule has 5 heteroatoms. The molecule has 0 rings (SSSR count). The summed E-state index contributed by atoms with van der Waals surface area (Å²) in [5, 5.41) is 0. The van der Waals surface area contributed by atoms with Gasteiger partial charge in [-0.05, 0) is 0 Å². The summed E-state index contributed by atoms with van der Waals surface area (Å²) in [6.45, 7) is 0. The molecule has 0 aliphatic carbocycles. The maximum Gasteiger partial charge on any atom is 2.00 e. The van der Waals surface area contributed by atoms with Crippen molar-refractivity contribution in [3.63, 3.8) is 0 Å². The number of hydrogen-bond acceptors (Lipinski definition) is 0.